The Hall–Kier alpha value is -3.70. The molecule has 11 heteroatoms. The Bertz CT molecular complexity index is 1110. The van der Waals surface area contributed by atoms with Crippen molar-refractivity contribution in [3.8, 4) is 16.5 Å². The van der Waals surface area contributed by atoms with Gasteiger partial charge in [-0.2, -0.15) is 0 Å². The van der Waals surface area contributed by atoms with Crippen molar-refractivity contribution < 1.29 is 24.5 Å². The number of carbonyl (C=O) groups is 2. The van der Waals surface area contributed by atoms with Crippen molar-refractivity contribution in [3.05, 3.63) is 62.9 Å². The van der Waals surface area contributed by atoms with E-state index in [1.807, 2.05) is 12.1 Å². The van der Waals surface area contributed by atoms with Gasteiger partial charge in [-0.15, -0.1) is 11.3 Å². The number of carboxylic acids is 1. The van der Waals surface area contributed by atoms with Gasteiger partial charge in [0.2, 0.25) is 5.75 Å². The molecule has 1 aromatic carbocycles. The smallest absolute Gasteiger partial charge is 0.412 e. The van der Waals surface area contributed by atoms with Gasteiger partial charge in [0.05, 0.1) is 10.6 Å². The lowest BCUT2D eigenvalue weighted by Gasteiger charge is -2.09. The molecule has 10 nitrogen and oxygen atoms in total. The van der Waals surface area contributed by atoms with Crippen LogP contribution in [0.25, 0.3) is 10.7 Å². The largest absolute Gasteiger partial charge is 0.501 e. The van der Waals surface area contributed by atoms with Gasteiger partial charge in [-0.25, -0.2) is 14.6 Å². The first-order valence-electron chi connectivity index (χ1n) is 8.25. The fourth-order valence-corrected chi connectivity index (χ4v) is 3.18. The quantitative estimate of drug-likeness (QED) is 0.407. The lowest BCUT2D eigenvalue weighted by Crippen LogP contribution is -2.16. The first-order chi connectivity index (χ1) is 13.9. The number of hydrogen-bond acceptors (Lipinski definition) is 8. The summed E-state index contributed by atoms with van der Waals surface area (Å²) in [5, 5.41) is 22.7. The molecule has 3 aromatic rings. The second kappa shape index (κ2) is 8.54. The standard InChI is InChI=1S/C18H16N4O6S/c19-7-9-1-3-10(4-2-9)8-28-18(27)20-11-5-6-29-14(11)15-21-12(17(25)26)13(23)16(24)22-15/h1-6,23H,7-8,19H2,(H,20,27)(H,25,26)(H,21,22,24). The molecule has 2 aromatic heterocycles. The Balaban J connectivity index is 1.74. The number of amides is 1. The zero-order valence-corrected chi connectivity index (χ0v) is 15.7. The molecule has 0 fully saturated rings. The Labute approximate surface area is 167 Å². The highest BCUT2D eigenvalue weighted by atomic mass is 32.1. The maximum atomic E-state index is 12.1. The number of aromatic amines is 1. The van der Waals surface area contributed by atoms with E-state index in [9.17, 15) is 19.5 Å². The van der Waals surface area contributed by atoms with Crippen LogP contribution in [-0.4, -0.2) is 32.2 Å². The van der Waals surface area contributed by atoms with E-state index in [0.29, 0.717) is 11.4 Å². The molecule has 2 heterocycles. The van der Waals surface area contributed by atoms with E-state index in [1.54, 1.807) is 23.6 Å². The molecule has 0 saturated heterocycles. The number of aromatic hydroxyl groups is 1. The maximum Gasteiger partial charge on any atom is 0.412 e. The van der Waals surface area contributed by atoms with Crippen LogP contribution in [0.3, 0.4) is 0 Å². The van der Waals surface area contributed by atoms with Crippen molar-refractivity contribution >= 4 is 29.1 Å². The zero-order chi connectivity index (χ0) is 21.0. The second-order valence-corrected chi connectivity index (χ2v) is 6.72. The van der Waals surface area contributed by atoms with Crippen LogP contribution >= 0.6 is 11.3 Å². The number of hydrogen-bond donors (Lipinski definition) is 5. The van der Waals surface area contributed by atoms with Crippen molar-refractivity contribution in [2.75, 3.05) is 5.32 Å². The number of carbonyl (C=O) groups excluding carboxylic acids is 1. The van der Waals surface area contributed by atoms with Crippen LogP contribution in [0.1, 0.15) is 21.6 Å². The van der Waals surface area contributed by atoms with Gasteiger partial charge in [-0.05, 0) is 22.6 Å². The normalized spacial score (nSPS) is 10.5. The third-order valence-electron chi connectivity index (χ3n) is 3.84. The molecule has 150 valence electrons. The van der Waals surface area contributed by atoms with Crippen LogP contribution in [-0.2, 0) is 17.9 Å². The van der Waals surface area contributed by atoms with Gasteiger partial charge in [0.15, 0.2) is 11.5 Å². The van der Waals surface area contributed by atoms with Gasteiger partial charge < -0.3 is 25.7 Å². The lowest BCUT2D eigenvalue weighted by atomic mass is 10.1. The first kappa shape index (κ1) is 20.0. The summed E-state index contributed by atoms with van der Waals surface area (Å²) in [5.74, 6) is -2.65. The van der Waals surface area contributed by atoms with E-state index >= 15 is 0 Å². The molecule has 0 unspecified atom stereocenters. The molecule has 0 radical (unpaired) electrons. The van der Waals surface area contributed by atoms with E-state index in [0.717, 1.165) is 22.5 Å². The van der Waals surface area contributed by atoms with Crippen molar-refractivity contribution in [2.24, 2.45) is 5.73 Å². The molecule has 29 heavy (non-hydrogen) atoms. The predicted octanol–water partition coefficient (Wildman–Crippen LogP) is 2.11. The SMILES string of the molecule is NCc1ccc(COC(=O)Nc2ccsc2-c2nc(C(=O)O)c(O)c(=O)[nH]2)cc1. The van der Waals surface area contributed by atoms with E-state index in [-0.39, 0.29) is 18.1 Å². The Morgan fingerprint density at radius 1 is 1.21 bits per heavy atom. The van der Waals surface area contributed by atoms with Crippen molar-refractivity contribution in [3.63, 3.8) is 0 Å². The Morgan fingerprint density at radius 2 is 1.90 bits per heavy atom. The number of nitrogens with zero attached hydrogens (tertiary/aromatic N) is 1. The number of carboxylic acid groups (broad SMARTS) is 1. The average Bonchev–Trinajstić information content (AvgIpc) is 3.16. The third kappa shape index (κ3) is 4.59. The molecule has 0 aliphatic rings. The lowest BCUT2D eigenvalue weighted by molar-refractivity contribution is 0.0686. The van der Waals surface area contributed by atoms with Gasteiger partial charge in [0.1, 0.15) is 6.61 Å². The minimum Gasteiger partial charge on any atom is -0.501 e. The minimum absolute atomic E-state index is 0.0353. The number of aromatic nitrogens is 2. The summed E-state index contributed by atoms with van der Waals surface area (Å²) in [4.78, 5) is 41.4. The molecular weight excluding hydrogens is 400 g/mol. The Kier molecular flexibility index (Phi) is 5.90. The first-order valence-corrected chi connectivity index (χ1v) is 9.13. The number of aromatic carboxylic acids is 1. The molecule has 0 aliphatic heterocycles. The van der Waals surface area contributed by atoms with E-state index in [1.165, 1.54) is 0 Å². The minimum atomic E-state index is -1.55. The topological polar surface area (TPSA) is 168 Å². The van der Waals surface area contributed by atoms with Crippen molar-refractivity contribution in [1.82, 2.24) is 9.97 Å². The van der Waals surface area contributed by atoms with Gasteiger partial charge in [-0.3, -0.25) is 10.1 Å². The highest BCUT2D eigenvalue weighted by Crippen LogP contribution is 2.31. The molecular formula is C18H16N4O6S. The molecule has 6 N–H and O–H groups in total. The zero-order valence-electron chi connectivity index (χ0n) is 14.8. The number of nitrogens with two attached hydrogens (primary N) is 1. The van der Waals surface area contributed by atoms with Crippen molar-refractivity contribution in [1.29, 1.82) is 0 Å². The second-order valence-electron chi connectivity index (χ2n) is 5.80. The maximum absolute atomic E-state index is 12.1. The van der Waals surface area contributed by atoms with Crippen LogP contribution in [0.2, 0.25) is 0 Å². The van der Waals surface area contributed by atoms with Crippen LogP contribution in [0.15, 0.2) is 40.5 Å². The number of nitrogens with one attached hydrogen (secondary N) is 2. The van der Waals surface area contributed by atoms with E-state index < -0.39 is 29.1 Å². The summed E-state index contributed by atoms with van der Waals surface area (Å²) in [6, 6.07) is 8.81. The molecule has 0 atom stereocenters. The third-order valence-corrected chi connectivity index (χ3v) is 4.76. The van der Waals surface area contributed by atoms with E-state index in [2.05, 4.69) is 15.3 Å². The summed E-state index contributed by atoms with van der Waals surface area (Å²) in [6.45, 7) is 0.452. The van der Waals surface area contributed by atoms with Crippen LogP contribution < -0.4 is 16.6 Å². The summed E-state index contributed by atoms with van der Waals surface area (Å²) < 4.78 is 5.17. The number of rotatable bonds is 6. The number of thiophene rings is 1. The fourth-order valence-electron chi connectivity index (χ4n) is 2.38. The van der Waals surface area contributed by atoms with Crippen LogP contribution in [0, 0.1) is 0 Å². The molecule has 0 aliphatic carbocycles. The van der Waals surface area contributed by atoms with Gasteiger partial charge in [0, 0.05) is 6.54 Å². The molecule has 3 rings (SSSR count). The summed E-state index contributed by atoms with van der Waals surface area (Å²) in [6.07, 6.45) is -0.743. The number of H-pyrrole nitrogens is 1. The van der Waals surface area contributed by atoms with Crippen LogP contribution in [0.4, 0.5) is 10.5 Å². The summed E-state index contributed by atoms with van der Waals surface area (Å²) >= 11 is 1.11. The number of benzene rings is 1. The number of anilines is 1. The van der Waals surface area contributed by atoms with Gasteiger partial charge >= 0.3 is 12.1 Å². The molecule has 0 bridgehead atoms. The molecule has 0 saturated carbocycles. The summed E-state index contributed by atoms with van der Waals surface area (Å²) in [5.41, 5.74) is 5.74. The number of ether oxygens (including phenoxy) is 1. The Morgan fingerprint density at radius 3 is 2.55 bits per heavy atom. The van der Waals surface area contributed by atoms with Crippen molar-refractivity contribution in [2.45, 2.75) is 13.2 Å². The fraction of sp³-hybridized carbons (Fsp3) is 0.111. The monoisotopic (exact) mass is 416 g/mol. The van der Waals surface area contributed by atoms with Gasteiger partial charge in [-0.1, -0.05) is 24.3 Å². The average molecular weight is 416 g/mol. The van der Waals surface area contributed by atoms with Gasteiger partial charge in [0.25, 0.3) is 5.56 Å². The van der Waals surface area contributed by atoms with Crippen LogP contribution in [0.5, 0.6) is 5.75 Å². The molecule has 0 spiro atoms. The highest BCUT2D eigenvalue weighted by molar-refractivity contribution is 7.14. The highest BCUT2D eigenvalue weighted by Gasteiger charge is 2.20. The summed E-state index contributed by atoms with van der Waals surface area (Å²) in [7, 11) is 0. The van der Waals surface area contributed by atoms with E-state index in [4.69, 9.17) is 15.6 Å². The molecule has 1 amide bonds. The predicted molar refractivity (Wildman–Crippen MR) is 105 cm³/mol.